The zero-order valence-corrected chi connectivity index (χ0v) is 9.61. The Balaban J connectivity index is 2.12. The van der Waals surface area contributed by atoms with Crippen molar-refractivity contribution in [3.63, 3.8) is 0 Å². The van der Waals surface area contributed by atoms with Crippen LogP contribution < -0.4 is 9.47 Å². The molecule has 1 saturated carbocycles. The van der Waals surface area contributed by atoms with Gasteiger partial charge in [-0.1, -0.05) is 6.07 Å². The first-order chi connectivity index (χ1) is 7.83. The van der Waals surface area contributed by atoms with Gasteiger partial charge in [0.1, 0.15) is 0 Å². The third-order valence-electron chi connectivity index (χ3n) is 3.01. The molecule has 0 bridgehead atoms. The maximum atomic E-state index is 9.04. The predicted octanol–water partition coefficient (Wildman–Crippen LogP) is 2.51. The summed E-state index contributed by atoms with van der Waals surface area (Å²) in [6.07, 6.45) is 5.09. The number of aliphatic hydroxyl groups excluding tert-OH is 1. The van der Waals surface area contributed by atoms with Crippen molar-refractivity contribution in [2.24, 2.45) is 0 Å². The first-order valence-electron chi connectivity index (χ1n) is 5.78. The van der Waals surface area contributed by atoms with Crippen molar-refractivity contribution < 1.29 is 14.6 Å². The molecule has 3 heteroatoms. The van der Waals surface area contributed by atoms with Crippen LogP contribution in [-0.4, -0.2) is 18.3 Å². The molecule has 1 aliphatic rings. The van der Waals surface area contributed by atoms with E-state index in [1.54, 1.807) is 7.11 Å². The van der Waals surface area contributed by atoms with Crippen molar-refractivity contribution in [1.82, 2.24) is 0 Å². The highest BCUT2D eigenvalue weighted by Gasteiger charge is 2.18. The van der Waals surface area contributed by atoms with Crippen LogP contribution in [0.3, 0.4) is 0 Å². The van der Waals surface area contributed by atoms with Crippen LogP contribution in [0.5, 0.6) is 11.5 Å². The van der Waals surface area contributed by atoms with Crippen LogP contribution in [-0.2, 0) is 6.61 Å². The molecule has 0 saturated heterocycles. The Hall–Kier alpha value is -1.22. The molecule has 1 aliphatic carbocycles. The number of hydrogen-bond acceptors (Lipinski definition) is 3. The average molecular weight is 222 g/mol. The number of aliphatic hydroxyl groups is 1. The Morgan fingerprint density at radius 2 is 2.00 bits per heavy atom. The summed E-state index contributed by atoms with van der Waals surface area (Å²) in [7, 11) is 1.62. The van der Waals surface area contributed by atoms with Gasteiger partial charge in [-0.25, -0.2) is 0 Å². The van der Waals surface area contributed by atoms with E-state index in [0.717, 1.165) is 24.2 Å². The molecule has 0 aromatic heterocycles. The number of hydrogen-bond donors (Lipinski definition) is 1. The molecule has 0 unspecified atom stereocenters. The van der Waals surface area contributed by atoms with Crippen LogP contribution in [0.2, 0.25) is 0 Å². The third kappa shape index (κ3) is 2.47. The first kappa shape index (κ1) is 11.3. The lowest BCUT2D eigenvalue weighted by molar-refractivity contribution is 0.200. The Kier molecular flexibility index (Phi) is 3.67. The first-order valence-corrected chi connectivity index (χ1v) is 5.78. The summed E-state index contributed by atoms with van der Waals surface area (Å²) in [6.45, 7) is 0.0278. The highest BCUT2D eigenvalue weighted by Crippen LogP contribution is 2.32. The van der Waals surface area contributed by atoms with Crippen molar-refractivity contribution in [3.8, 4) is 11.5 Å². The molecule has 3 nitrogen and oxygen atoms in total. The van der Waals surface area contributed by atoms with Gasteiger partial charge in [-0.2, -0.15) is 0 Å². The number of benzene rings is 1. The molecule has 1 aromatic carbocycles. The lowest BCUT2D eigenvalue weighted by atomic mass is 10.2. The maximum absolute atomic E-state index is 9.04. The smallest absolute Gasteiger partial charge is 0.161 e. The second-order valence-electron chi connectivity index (χ2n) is 4.17. The molecule has 0 amide bonds. The summed E-state index contributed by atoms with van der Waals surface area (Å²) >= 11 is 0. The molecule has 0 spiro atoms. The van der Waals surface area contributed by atoms with E-state index in [2.05, 4.69) is 0 Å². The van der Waals surface area contributed by atoms with Crippen LogP contribution in [0, 0.1) is 0 Å². The summed E-state index contributed by atoms with van der Waals surface area (Å²) in [6, 6.07) is 5.57. The second-order valence-corrected chi connectivity index (χ2v) is 4.17. The number of ether oxygens (including phenoxy) is 2. The maximum Gasteiger partial charge on any atom is 0.161 e. The van der Waals surface area contributed by atoms with Crippen LogP contribution in [0.25, 0.3) is 0 Å². The molecule has 1 fully saturated rings. The highest BCUT2D eigenvalue weighted by molar-refractivity contribution is 5.42. The third-order valence-corrected chi connectivity index (χ3v) is 3.01. The fraction of sp³-hybridized carbons (Fsp3) is 0.538. The van der Waals surface area contributed by atoms with Crippen molar-refractivity contribution in [2.45, 2.75) is 38.4 Å². The van der Waals surface area contributed by atoms with Crippen molar-refractivity contribution in [1.29, 1.82) is 0 Å². The van der Waals surface area contributed by atoms with Crippen molar-refractivity contribution in [2.75, 3.05) is 7.11 Å². The van der Waals surface area contributed by atoms with Gasteiger partial charge in [0.2, 0.25) is 0 Å². The summed E-state index contributed by atoms with van der Waals surface area (Å²) < 4.78 is 11.2. The van der Waals surface area contributed by atoms with Gasteiger partial charge in [-0.05, 0) is 43.4 Å². The van der Waals surface area contributed by atoms with Crippen LogP contribution in [0.1, 0.15) is 31.2 Å². The van der Waals surface area contributed by atoms with E-state index >= 15 is 0 Å². The monoisotopic (exact) mass is 222 g/mol. The molecular formula is C13H18O3. The Morgan fingerprint density at radius 1 is 1.25 bits per heavy atom. The van der Waals surface area contributed by atoms with E-state index in [-0.39, 0.29) is 6.61 Å². The molecule has 0 atom stereocenters. The van der Waals surface area contributed by atoms with E-state index < -0.39 is 0 Å². The van der Waals surface area contributed by atoms with Gasteiger partial charge in [0.05, 0.1) is 19.8 Å². The molecule has 1 N–H and O–H groups in total. The van der Waals surface area contributed by atoms with E-state index in [1.807, 2.05) is 18.2 Å². The van der Waals surface area contributed by atoms with Crippen LogP contribution in [0.15, 0.2) is 18.2 Å². The van der Waals surface area contributed by atoms with Gasteiger partial charge in [0.15, 0.2) is 11.5 Å². The number of rotatable bonds is 4. The predicted molar refractivity (Wildman–Crippen MR) is 61.8 cm³/mol. The van der Waals surface area contributed by atoms with Crippen LogP contribution >= 0.6 is 0 Å². The Labute approximate surface area is 96.0 Å². The minimum absolute atomic E-state index is 0.0278. The van der Waals surface area contributed by atoms with Crippen molar-refractivity contribution in [3.05, 3.63) is 23.8 Å². The lowest BCUT2D eigenvalue weighted by Crippen LogP contribution is -2.11. The molecule has 88 valence electrons. The van der Waals surface area contributed by atoms with E-state index in [1.165, 1.54) is 12.8 Å². The molecule has 0 heterocycles. The number of methoxy groups -OCH3 is 1. The molecule has 2 rings (SSSR count). The molecule has 16 heavy (non-hydrogen) atoms. The Bertz CT molecular complexity index is 343. The standard InChI is InChI=1S/C13H18O3/c1-15-13-8-10(9-14)6-7-12(13)16-11-4-2-3-5-11/h6-8,11,14H,2-5,9H2,1H3. The normalized spacial score (nSPS) is 16.4. The van der Waals surface area contributed by atoms with Gasteiger partial charge in [0.25, 0.3) is 0 Å². The average Bonchev–Trinajstić information content (AvgIpc) is 2.82. The summed E-state index contributed by atoms with van der Waals surface area (Å²) in [5.74, 6) is 1.49. The van der Waals surface area contributed by atoms with E-state index in [0.29, 0.717) is 11.9 Å². The fourth-order valence-corrected chi connectivity index (χ4v) is 2.09. The second kappa shape index (κ2) is 5.21. The van der Waals surface area contributed by atoms with Gasteiger partial charge in [0, 0.05) is 0 Å². The lowest BCUT2D eigenvalue weighted by Gasteiger charge is -2.16. The topological polar surface area (TPSA) is 38.7 Å². The summed E-state index contributed by atoms with van der Waals surface area (Å²) in [4.78, 5) is 0. The zero-order chi connectivity index (χ0) is 11.4. The van der Waals surface area contributed by atoms with Gasteiger partial charge in [-0.15, -0.1) is 0 Å². The van der Waals surface area contributed by atoms with Crippen molar-refractivity contribution >= 4 is 0 Å². The van der Waals surface area contributed by atoms with Gasteiger partial charge >= 0.3 is 0 Å². The quantitative estimate of drug-likeness (QED) is 0.850. The molecular weight excluding hydrogens is 204 g/mol. The molecule has 0 radical (unpaired) electrons. The summed E-state index contributed by atoms with van der Waals surface area (Å²) in [5.41, 5.74) is 0.843. The van der Waals surface area contributed by atoms with Gasteiger partial charge < -0.3 is 14.6 Å². The Morgan fingerprint density at radius 3 is 2.62 bits per heavy atom. The molecule has 1 aromatic rings. The van der Waals surface area contributed by atoms with Gasteiger partial charge in [-0.3, -0.25) is 0 Å². The summed E-state index contributed by atoms with van der Waals surface area (Å²) in [5, 5.41) is 9.04. The van der Waals surface area contributed by atoms with E-state index in [9.17, 15) is 0 Å². The fourth-order valence-electron chi connectivity index (χ4n) is 2.09. The zero-order valence-electron chi connectivity index (χ0n) is 9.61. The molecule has 0 aliphatic heterocycles. The van der Waals surface area contributed by atoms with Crippen LogP contribution in [0.4, 0.5) is 0 Å². The SMILES string of the molecule is COc1cc(CO)ccc1OC1CCCC1. The minimum Gasteiger partial charge on any atom is -0.493 e. The highest BCUT2D eigenvalue weighted by atomic mass is 16.5. The minimum atomic E-state index is 0.0278. The van der Waals surface area contributed by atoms with E-state index in [4.69, 9.17) is 14.6 Å². The largest absolute Gasteiger partial charge is 0.493 e.